The molecular weight excluding hydrogens is 202 g/mol. The predicted octanol–water partition coefficient (Wildman–Crippen LogP) is 2.08. The Bertz CT molecular complexity index is 514. The molecule has 0 aliphatic carbocycles. The van der Waals surface area contributed by atoms with E-state index in [9.17, 15) is 13.6 Å². The number of carbonyl (C=O) groups excluding carboxylic acids is 1. The summed E-state index contributed by atoms with van der Waals surface area (Å²) in [5.74, 6) is -1.23. The van der Waals surface area contributed by atoms with Gasteiger partial charge in [0.15, 0.2) is 0 Å². The summed E-state index contributed by atoms with van der Waals surface area (Å²) in [5.41, 5.74) is 0.892. The topological polar surface area (TPSA) is 42.9 Å². The molecule has 0 bridgehead atoms. The van der Waals surface area contributed by atoms with E-state index in [1.165, 1.54) is 12.3 Å². The van der Waals surface area contributed by atoms with E-state index < -0.39 is 12.2 Å². The summed E-state index contributed by atoms with van der Waals surface area (Å²) < 4.78 is 24.2. The van der Waals surface area contributed by atoms with Gasteiger partial charge in [-0.15, -0.1) is 0 Å². The summed E-state index contributed by atoms with van der Waals surface area (Å²) in [5, 5.41) is 0. The first kappa shape index (κ1) is 9.64. The van der Waals surface area contributed by atoms with Gasteiger partial charge in [0.1, 0.15) is 0 Å². The summed E-state index contributed by atoms with van der Waals surface area (Å²) in [6.45, 7) is 0. The maximum Gasteiger partial charge on any atom is 0.300 e. The van der Waals surface area contributed by atoms with Gasteiger partial charge in [-0.2, -0.15) is 0 Å². The number of hydrogen-bond acceptors (Lipinski definition) is 3. The van der Waals surface area contributed by atoms with Crippen LogP contribution < -0.4 is 0 Å². The van der Waals surface area contributed by atoms with Crippen LogP contribution in [0.5, 0.6) is 0 Å². The third-order valence-electron chi connectivity index (χ3n) is 1.93. The molecule has 2 aromatic heterocycles. The van der Waals surface area contributed by atoms with Crippen LogP contribution in [0, 0.1) is 0 Å². The Balaban J connectivity index is 2.52. The Hall–Kier alpha value is -1.91. The van der Waals surface area contributed by atoms with Crippen LogP contribution in [0.25, 0.3) is 11.0 Å². The maximum absolute atomic E-state index is 12.1. The van der Waals surface area contributed by atoms with Crippen molar-refractivity contribution < 1.29 is 13.6 Å². The van der Waals surface area contributed by atoms with Crippen LogP contribution in [0.15, 0.2) is 30.6 Å². The molecule has 0 aromatic carbocycles. The molecule has 15 heavy (non-hydrogen) atoms. The lowest BCUT2D eigenvalue weighted by molar-refractivity contribution is 0.0678. The summed E-state index contributed by atoms with van der Waals surface area (Å²) in [6, 6.07) is 4.69. The zero-order chi connectivity index (χ0) is 10.8. The number of fused-ring (bicyclic) bond motifs is 1. The number of alkyl halides is 2. The van der Waals surface area contributed by atoms with Gasteiger partial charge in [0.25, 0.3) is 0 Å². The van der Waals surface area contributed by atoms with E-state index in [4.69, 9.17) is 0 Å². The Labute approximate surface area is 83.8 Å². The predicted molar refractivity (Wildman–Crippen MR) is 49.9 cm³/mol. The van der Waals surface area contributed by atoms with E-state index in [-0.39, 0.29) is 5.56 Å². The minimum Gasteiger partial charge on any atom is -0.288 e. The average molecular weight is 208 g/mol. The van der Waals surface area contributed by atoms with Gasteiger partial charge in [0, 0.05) is 18.0 Å². The van der Waals surface area contributed by atoms with Crippen molar-refractivity contribution in [3.05, 3.63) is 36.2 Å². The first-order valence-electron chi connectivity index (χ1n) is 4.21. The minimum atomic E-state index is -3.01. The fourth-order valence-electron chi connectivity index (χ4n) is 1.21. The SMILES string of the molecule is O=C(c1cnc2cccnc2c1)C(F)F. The molecule has 0 amide bonds. The van der Waals surface area contributed by atoms with Gasteiger partial charge in [-0.1, -0.05) is 0 Å². The standard InChI is InChI=1S/C10H6F2N2O/c11-10(12)9(15)6-4-8-7(14-5-6)2-1-3-13-8/h1-5,10H. The molecule has 0 saturated heterocycles. The number of pyridine rings is 2. The molecule has 0 aliphatic heterocycles. The highest BCUT2D eigenvalue weighted by Gasteiger charge is 2.18. The van der Waals surface area contributed by atoms with Crippen molar-refractivity contribution in [1.82, 2.24) is 9.97 Å². The van der Waals surface area contributed by atoms with Gasteiger partial charge in [-0.3, -0.25) is 14.8 Å². The fraction of sp³-hybridized carbons (Fsp3) is 0.100. The highest BCUT2D eigenvalue weighted by Crippen LogP contribution is 2.12. The summed E-state index contributed by atoms with van der Waals surface area (Å²) >= 11 is 0. The van der Waals surface area contributed by atoms with Gasteiger partial charge in [-0.25, -0.2) is 8.78 Å². The third-order valence-corrected chi connectivity index (χ3v) is 1.93. The molecule has 0 aliphatic rings. The van der Waals surface area contributed by atoms with Crippen LogP contribution in [0.2, 0.25) is 0 Å². The molecule has 2 rings (SSSR count). The number of hydrogen-bond donors (Lipinski definition) is 0. The molecule has 0 fully saturated rings. The fourth-order valence-corrected chi connectivity index (χ4v) is 1.21. The van der Waals surface area contributed by atoms with E-state index in [1.54, 1.807) is 12.1 Å². The van der Waals surface area contributed by atoms with E-state index in [1.807, 2.05) is 0 Å². The Kier molecular flexibility index (Phi) is 2.37. The number of halogens is 2. The first-order chi connectivity index (χ1) is 7.18. The van der Waals surface area contributed by atoms with Gasteiger partial charge < -0.3 is 0 Å². The highest BCUT2D eigenvalue weighted by molar-refractivity contribution is 6.00. The van der Waals surface area contributed by atoms with Crippen molar-refractivity contribution >= 4 is 16.8 Å². The average Bonchev–Trinajstić information content (AvgIpc) is 2.27. The summed E-state index contributed by atoms with van der Waals surface area (Å²) in [4.78, 5) is 18.8. The molecule has 2 heterocycles. The zero-order valence-electron chi connectivity index (χ0n) is 7.52. The van der Waals surface area contributed by atoms with Gasteiger partial charge in [0.2, 0.25) is 5.78 Å². The van der Waals surface area contributed by atoms with E-state index in [0.717, 1.165) is 6.20 Å². The second kappa shape index (κ2) is 3.68. The monoisotopic (exact) mass is 208 g/mol. The van der Waals surface area contributed by atoms with Gasteiger partial charge in [0.05, 0.1) is 11.0 Å². The third kappa shape index (κ3) is 1.81. The second-order valence-electron chi connectivity index (χ2n) is 2.93. The van der Waals surface area contributed by atoms with Crippen molar-refractivity contribution in [2.45, 2.75) is 6.43 Å². The number of rotatable bonds is 2. The molecule has 3 nitrogen and oxygen atoms in total. The van der Waals surface area contributed by atoms with Crippen molar-refractivity contribution in [1.29, 1.82) is 0 Å². The maximum atomic E-state index is 12.1. The molecule has 5 heteroatoms. The molecule has 2 aromatic rings. The lowest BCUT2D eigenvalue weighted by Gasteiger charge is -2.00. The largest absolute Gasteiger partial charge is 0.300 e. The second-order valence-corrected chi connectivity index (χ2v) is 2.93. The van der Waals surface area contributed by atoms with Crippen LogP contribution in [0.4, 0.5) is 8.78 Å². The molecule has 0 N–H and O–H groups in total. The molecule has 0 unspecified atom stereocenters. The van der Waals surface area contributed by atoms with Crippen LogP contribution in [-0.2, 0) is 0 Å². The number of aromatic nitrogens is 2. The van der Waals surface area contributed by atoms with Crippen molar-refractivity contribution in [2.24, 2.45) is 0 Å². The number of carbonyl (C=O) groups is 1. The van der Waals surface area contributed by atoms with Crippen LogP contribution >= 0.6 is 0 Å². The van der Waals surface area contributed by atoms with Crippen molar-refractivity contribution in [3.8, 4) is 0 Å². The minimum absolute atomic E-state index is 0.115. The van der Waals surface area contributed by atoms with E-state index in [0.29, 0.717) is 11.0 Å². The zero-order valence-corrected chi connectivity index (χ0v) is 7.52. The number of ketones is 1. The van der Waals surface area contributed by atoms with Crippen molar-refractivity contribution in [3.63, 3.8) is 0 Å². The first-order valence-corrected chi connectivity index (χ1v) is 4.21. The quantitative estimate of drug-likeness (QED) is 0.709. The van der Waals surface area contributed by atoms with Crippen LogP contribution in [-0.4, -0.2) is 22.2 Å². The lowest BCUT2D eigenvalue weighted by Crippen LogP contribution is -2.10. The summed E-state index contributed by atoms with van der Waals surface area (Å²) in [7, 11) is 0. The number of Topliss-reactive ketones (excluding diaryl/α,β-unsaturated/α-hetero) is 1. The Morgan fingerprint density at radius 2 is 2.07 bits per heavy atom. The van der Waals surface area contributed by atoms with E-state index >= 15 is 0 Å². The van der Waals surface area contributed by atoms with Gasteiger partial charge >= 0.3 is 6.43 Å². The molecule has 0 atom stereocenters. The van der Waals surface area contributed by atoms with Crippen LogP contribution in [0.3, 0.4) is 0 Å². The Morgan fingerprint density at radius 3 is 2.80 bits per heavy atom. The normalized spacial score (nSPS) is 10.9. The van der Waals surface area contributed by atoms with Gasteiger partial charge in [-0.05, 0) is 18.2 Å². The summed E-state index contributed by atoms with van der Waals surface area (Å²) in [6.07, 6.45) is -0.355. The Morgan fingerprint density at radius 1 is 1.27 bits per heavy atom. The molecule has 76 valence electrons. The smallest absolute Gasteiger partial charge is 0.288 e. The van der Waals surface area contributed by atoms with Crippen LogP contribution in [0.1, 0.15) is 10.4 Å². The molecule has 0 saturated carbocycles. The molecule has 0 spiro atoms. The number of nitrogens with zero attached hydrogens (tertiary/aromatic N) is 2. The molecular formula is C10H6F2N2O. The lowest BCUT2D eigenvalue weighted by atomic mass is 10.2. The highest BCUT2D eigenvalue weighted by atomic mass is 19.3. The van der Waals surface area contributed by atoms with E-state index in [2.05, 4.69) is 9.97 Å². The molecule has 0 radical (unpaired) electrons. The van der Waals surface area contributed by atoms with Crippen molar-refractivity contribution in [2.75, 3.05) is 0 Å².